The molecule has 3 rings (SSSR count). The molecule has 138 valence electrons. The van der Waals surface area contributed by atoms with Gasteiger partial charge in [0.25, 0.3) is 0 Å². The van der Waals surface area contributed by atoms with Crippen LogP contribution in [-0.2, 0) is 6.54 Å². The van der Waals surface area contributed by atoms with E-state index in [4.69, 9.17) is 4.74 Å². The maximum atomic E-state index is 13.6. The molecule has 1 fully saturated rings. The molecule has 0 bridgehead atoms. The highest BCUT2D eigenvalue weighted by molar-refractivity contribution is 7.12. The molecule has 2 aromatic rings. The summed E-state index contributed by atoms with van der Waals surface area (Å²) in [5.41, 5.74) is 1.41. The van der Waals surface area contributed by atoms with Crippen LogP contribution in [0, 0.1) is 11.7 Å². The third-order valence-corrected chi connectivity index (χ3v) is 5.79. The minimum atomic E-state index is -0.433. The van der Waals surface area contributed by atoms with E-state index in [1.807, 2.05) is 11.4 Å². The number of carbonyl (C=O) groups excluding carboxylic acids is 2. The fourth-order valence-electron chi connectivity index (χ4n) is 3.41. The lowest BCUT2D eigenvalue weighted by Gasteiger charge is -2.32. The third-order valence-electron chi connectivity index (χ3n) is 4.71. The molecular formula is C20H22FNO3S. The van der Waals surface area contributed by atoms with Crippen LogP contribution >= 0.6 is 11.3 Å². The Morgan fingerprint density at radius 1 is 1.35 bits per heavy atom. The third kappa shape index (κ3) is 4.19. The molecule has 6 heteroatoms. The Hall–Kier alpha value is -2.05. The summed E-state index contributed by atoms with van der Waals surface area (Å²) in [6, 6.07) is 5.98. The van der Waals surface area contributed by atoms with Gasteiger partial charge in [-0.15, -0.1) is 11.3 Å². The van der Waals surface area contributed by atoms with Crippen molar-refractivity contribution in [1.29, 1.82) is 0 Å². The standard InChI is InChI=1S/C20H22FNO3S/c1-13(23)19-8-14(12-26-19)10-22-7-3-4-15(11-22)20(24)17-9-16(21)5-6-18(17)25-2/h5-6,8-9,12,15H,3-4,7,10-11H2,1-2H3. The van der Waals surface area contributed by atoms with Crippen molar-refractivity contribution in [3.8, 4) is 5.75 Å². The topological polar surface area (TPSA) is 46.6 Å². The Kier molecular flexibility index (Phi) is 5.84. The van der Waals surface area contributed by atoms with Crippen molar-refractivity contribution < 1.29 is 18.7 Å². The zero-order chi connectivity index (χ0) is 18.7. The zero-order valence-corrected chi connectivity index (χ0v) is 15.8. The summed E-state index contributed by atoms with van der Waals surface area (Å²) < 4.78 is 18.8. The van der Waals surface area contributed by atoms with Crippen LogP contribution in [0.15, 0.2) is 29.6 Å². The molecule has 0 N–H and O–H groups in total. The Labute approximate surface area is 156 Å². The quantitative estimate of drug-likeness (QED) is 0.710. The molecule has 2 heterocycles. The van der Waals surface area contributed by atoms with Crippen LogP contribution in [0.2, 0.25) is 0 Å². The number of hydrogen-bond donors (Lipinski definition) is 0. The lowest BCUT2D eigenvalue weighted by molar-refractivity contribution is 0.0808. The molecule has 1 aliphatic heterocycles. The number of rotatable bonds is 6. The second-order valence-corrected chi connectivity index (χ2v) is 7.57. The lowest BCUT2D eigenvalue weighted by Crippen LogP contribution is -2.38. The molecule has 0 aliphatic carbocycles. The van der Waals surface area contributed by atoms with Gasteiger partial charge in [0.2, 0.25) is 0 Å². The van der Waals surface area contributed by atoms with Gasteiger partial charge in [-0.3, -0.25) is 14.5 Å². The second-order valence-electron chi connectivity index (χ2n) is 6.66. The number of ketones is 2. The Morgan fingerprint density at radius 3 is 2.85 bits per heavy atom. The normalized spacial score (nSPS) is 17.9. The minimum absolute atomic E-state index is 0.0687. The smallest absolute Gasteiger partial charge is 0.171 e. The molecule has 1 aromatic heterocycles. The van der Waals surface area contributed by atoms with E-state index >= 15 is 0 Å². The van der Waals surface area contributed by atoms with Crippen LogP contribution in [0.1, 0.15) is 45.4 Å². The molecule has 0 spiro atoms. The average molecular weight is 375 g/mol. The number of likely N-dealkylation sites (tertiary alicyclic amines) is 1. The van der Waals surface area contributed by atoms with Gasteiger partial charge in [-0.2, -0.15) is 0 Å². The van der Waals surface area contributed by atoms with Crippen LogP contribution in [0.5, 0.6) is 5.75 Å². The highest BCUT2D eigenvalue weighted by Crippen LogP contribution is 2.28. The zero-order valence-electron chi connectivity index (χ0n) is 15.0. The number of carbonyl (C=O) groups is 2. The van der Waals surface area contributed by atoms with Crippen LogP contribution < -0.4 is 4.74 Å². The molecule has 0 radical (unpaired) electrons. The van der Waals surface area contributed by atoms with E-state index in [1.165, 1.54) is 36.6 Å². The summed E-state index contributed by atoms with van der Waals surface area (Å²) in [7, 11) is 1.49. The van der Waals surface area contributed by atoms with Crippen LogP contribution in [-0.4, -0.2) is 36.7 Å². The molecule has 1 atom stereocenters. The van der Waals surface area contributed by atoms with Crippen molar-refractivity contribution >= 4 is 22.9 Å². The molecule has 0 saturated carbocycles. The van der Waals surface area contributed by atoms with Gasteiger partial charge >= 0.3 is 0 Å². The molecule has 26 heavy (non-hydrogen) atoms. The van der Waals surface area contributed by atoms with E-state index in [0.29, 0.717) is 24.4 Å². The summed E-state index contributed by atoms with van der Waals surface area (Å²) >= 11 is 1.46. The van der Waals surface area contributed by atoms with Gasteiger partial charge < -0.3 is 4.74 Å². The van der Waals surface area contributed by atoms with Crippen molar-refractivity contribution in [3.05, 3.63) is 51.5 Å². The largest absolute Gasteiger partial charge is 0.496 e. The number of Topliss-reactive ketones (excluding diaryl/α,β-unsaturated/α-hetero) is 2. The fraction of sp³-hybridized carbons (Fsp3) is 0.400. The van der Waals surface area contributed by atoms with Crippen LogP contribution in [0.25, 0.3) is 0 Å². The summed E-state index contributed by atoms with van der Waals surface area (Å²) in [5, 5.41) is 2.00. The number of halogens is 1. The molecule has 1 aliphatic rings. The van der Waals surface area contributed by atoms with E-state index in [1.54, 1.807) is 6.92 Å². The molecular weight excluding hydrogens is 353 g/mol. The molecule has 4 nitrogen and oxygen atoms in total. The summed E-state index contributed by atoms with van der Waals surface area (Å²) in [6.07, 6.45) is 1.70. The first-order valence-corrected chi connectivity index (χ1v) is 9.54. The van der Waals surface area contributed by atoms with Gasteiger partial charge in [0, 0.05) is 19.0 Å². The van der Waals surface area contributed by atoms with Gasteiger partial charge in [0.15, 0.2) is 11.6 Å². The maximum absolute atomic E-state index is 13.6. The highest BCUT2D eigenvalue weighted by atomic mass is 32.1. The van der Waals surface area contributed by atoms with E-state index in [0.717, 1.165) is 29.8 Å². The van der Waals surface area contributed by atoms with E-state index in [-0.39, 0.29) is 17.5 Å². The van der Waals surface area contributed by atoms with Crippen LogP contribution in [0.4, 0.5) is 4.39 Å². The fourth-order valence-corrected chi connectivity index (χ4v) is 4.21. The van der Waals surface area contributed by atoms with Crippen molar-refractivity contribution in [2.45, 2.75) is 26.3 Å². The number of benzene rings is 1. The first-order valence-electron chi connectivity index (χ1n) is 8.66. The Bertz CT molecular complexity index is 817. The maximum Gasteiger partial charge on any atom is 0.171 e. The number of ether oxygens (including phenoxy) is 1. The van der Waals surface area contributed by atoms with Crippen molar-refractivity contribution in [2.75, 3.05) is 20.2 Å². The van der Waals surface area contributed by atoms with E-state index < -0.39 is 5.82 Å². The van der Waals surface area contributed by atoms with E-state index in [9.17, 15) is 14.0 Å². The SMILES string of the molecule is COc1ccc(F)cc1C(=O)C1CCCN(Cc2csc(C(C)=O)c2)C1. The van der Waals surface area contributed by atoms with Crippen LogP contribution in [0.3, 0.4) is 0 Å². The number of methoxy groups -OCH3 is 1. The number of hydrogen-bond acceptors (Lipinski definition) is 5. The van der Waals surface area contributed by atoms with Gasteiger partial charge in [-0.05, 0) is 61.5 Å². The lowest BCUT2D eigenvalue weighted by atomic mass is 9.89. The van der Waals surface area contributed by atoms with Crippen molar-refractivity contribution in [2.24, 2.45) is 5.92 Å². The number of thiophene rings is 1. The number of piperidine rings is 1. The second kappa shape index (κ2) is 8.10. The van der Waals surface area contributed by atoms with Gasteiger partial charge in [-0.25, -0.2) is 4.39 Å². The van der Waals surface area contributed by atoms with Gasteiger partial charge in [0.05, 0.1) is 17.6 Å². The monoisotopic (exact) mass is 375 g/mol. The predicted octanol–water partition coefficient (Wildman–Crippen LogP) is 4.19. The number of nitrogens with zero attached hydrogens (tertiary/aromatic N) is 1. The first-order chi connectivity index (χ1) is 12.5. The summed E-state index contributed by atoms with van der Waals surface area (Å²) in [4.78, 5) is 27.3. The molecule has 1 saturated heterocycles. The van der Waals surface area contributed by atoms with E-state index in [2.05, 4.69) is 4.90 Å². The van der Waals surface area contributed by atoms with Gasteiger partial charge in [0.1, 0.15) is 11.6 Å². The van der Waals surface area contributed by atoms with Crippen molar-refractivity contribution in [1.82, 2.24) is 4.90 Å². The summed E-state index contributed by atoms with van der Waals surface area (Å²) in [5.74, 6) is -0.188. The molecule has 0 amide bonds. The average Bonchev–Trinajstić information content (AvgIpc) is 3.10. The predicted molar refractivity (Wildman–Crippen MR) is 99.6 cm³/mol. The summed E-state index contributed by atoms with van der Waals surface area (Å²) in [6.45, 7) is 3.82. The van der Waals surface area contributed by atoms with Gasteiger partial charge in [-0.1, -0.05) is 0 Å². The highest BCUT2D eigenvalue weighted by Gasteiger charge is 2.28. The molecule has 1 unspecified atom stereocenters. The Balaban J connectivity index is 1.70. The molecule has 1 aromatic carbocycles. The Morgan fingerprint density at radius 2 is 2.15 bits per heavy atom. The first kappa shape index (κ1) is 18.7. The van der Waals surface area contributed by atoms with Crippen molar-refractivity contribution in [3.63, 3.8) is 0 Å². The minimum Gasteiger partial charge on any atom is -0.496 e.